The fourth-order valence-electron chi connectivity index (χ4n) is 5.01. The number of aryl methyl sites for hydroxylation is 2. The summed E-state index contributed by atoms with van der Waals surface area (Å²) in [6.07, 6.45) is 5.10. The number of nitrogens with zero attached hydrogens (tertiary/aromatic N) is 6. The van der Waals surface area contributed by atoms with Crippen LogP contribution in [0.1, 0.15) is 51.5 Å². The first-order valence-corrected chi connectivity index (χ1v) is 13.2. The van der Waals surface area contributed by atoms with Crippen LogP contribution in [0.4, 0.5) is 0 Å². The monoisotopic (exact) mass is 541 g/mol. The van der Waals surface area contributed by atoms with Gasteiger partial charge in [-0.25, -0.2) is 9.50 Å². The van der Waals surface area contributed by atoms with E-state index in [0.717, 1.165) is 16.6 Å². The number of amides is 1. The summed E-state index contributed by atoms with van der Waals surface area (Å²) in [5.41, 5.74) is 4.92. The Balaban J connectivity index is 1.48. The van der Waals surface area contributed by atoms with E-state index in [1.807, 2.05) is 75.5 Å². The summed E-state index contributed by atoms with van der Waals surface area (Å²) in [6, 6.07) is 18.2. The summed E-state index contributed by atoms with van der Waals surface area (Å²) in [6.45, 7) is 5.59. The van der Waals surface area contributed by atoms with Crippen molar-refractivity contribution >= 4 is 22.3 Å². The van der Waals surface area contributed by atoms with Gasteiger partial charge >= 0.3 is 0 Å². The van der Waals surface area contributed by atoms with Crippen molar-refractivity contribution in [1.29, 1.82) is 0 Å². The lowest BCUT2D eigenvalue weighted by atomic mass is 10.0. The van der Waals surface area contributed by atoms with Gasteiger partial charge in [-0.1, -0.05) is 42.2 Å². The Hall–Kier alpha value is -5.49. The van der Waals surface area contributed by atoms with Gasteiger partial charge in [-0.3, -0.25) is 18.8 Å². The summed E-state index contributed by atoms with van der Waals surface area (Å²) in [5.74, 6) is 6.06. The van der Waals surface area contributed by atoms with Crippen molar-refractivity contribution in [3.8, 4) is 17.5 Å². The van der Waals surface area contributed by atoms with Gasteiger partial charge in [0.2, 0.25) is 0 Å². The Labute approximate surface area is 236 Å². The molecule has 0 radical (unpaired) electrons. The molecule has 2 aromatic carbocycles. The lowest BCUT2D eigenvalue weighted by Crippen LogP contribution is -2.32. The van der Waals surface area contributed by atoms with Crippen molar-refractivity contribution in [2.45, 2.75) is 26.8 Å². The van der Waals surface area contributed by atoms with E-state index in [4.69, 9.17) is 0 Å². The van der Waals surface area contributed by atoms with E-state index in [2.05, 4.69) is 32.3 Å². The molecule has 202 valence electrons. The molecular weight excluding hydrogens is 514 g/mol. The minimum absolute atomic E-state index is 0.216. The molecule has 0 aliphatic heterocycles. The lowest BCUT2D eigenvalue weighted by molar-refractivity contribution is 0.0939. The Morgan fingerprint density at radius 3 is 2.54 bits per heavy atom. The Morgan fingerprint density at radius 2 is 1.78 bits per heavy atom. The highest BCUT2D eigenvalue weighted by Crippen LogP contribution is 2.24. The van der Waals surface area contributed by atoms with E-state index in [0.29, 0.717) is 39.2 Å². The van der Waals surface area contributed by atoms with Gasteiger partial charge in [-0.15, -0.1) is 0 Å². The molecule has 9 heteroatoms. The molecule has 41 heavy (non-hydrogen) atoms. The number of hydrogen-bond donors (Lipinski definition) is 1. The maximum Gasteiger partial charge on any atom is 0.264 e. The zero-order valence-corrected chi connectivity index (χ0v) is 23.1. The molecule has 9 nitrogen and oxygen atoms in total. The van der Waals surface area contributed by atoms with Gasteiger partial charge in [0, 0.05) is 36.4 Å². The van der Waals surface area contributed by atoms with Crippen LogP contribution in [0.5, 0.6) is 0 Å². The van der Waals surface area contributed by atoms with Gasteiger partial charge in [-0.05, 0) is 56.5 Å². The second-order valence-electron chi connectivity index (χ2n) is 9.88. The zero-order valence-electron chi connectivity index (χ0n) is 23.1. The minimum atomic E-state index is -0.523. The molecule has 0 unspecified atom stereocenters. The van der Waals surface area contributed by atoms with E-state index < -0.39 is 6.04 Å². The van der Waals surface area contributed by atoms with E-state index in [1.54, 1.807) is 45.3 Å². The van der Waals surface area contributed by atoms with E-state index in [9.17, 15) is 9.59 Å². The fraction of sp³-hybridized carbons (Fsp3) is 0.156. The number of aromatic nitrogens is 6. The molecule has 0 aliphatic rings. The first kappa shape index (κ1) is 25.8. The van der Waals surface area contributed by atoms with Crippen molar-refractivity contribution in [3.63, 3.8) is 0 Å². The number of para-hydroxylation sites is 1. The summed E-state index contributed by atoms with van der Waals surface area (Å²) in [7, 11) is 1.87. The highest BCUT2D eigenvalue weighted by molar-refractivity contribution is 6.01. The third-order valence-electron chi connectivity index (χ3n) is 7.25. The number of rotatable bonds is 4. The number of fused-ring (bicyclic) bond motifs is 2. The topological polar surface area (TPSA) is 99.1 Å². The van der Waals surface area contributed by atoms with Gasteiger partial charge < -0.3 is 5.32 Å². The van der Waals surface area contributed by atoms with Crippen molar-refractivity contribution in [2.24, 2.45) is 7.05 Å². The molecule has 0 saturated heterocycles. The molecule has 6 rings (SSSR count). The number of carbonyl (C=O) groups excluding carboxylic acids is 1. The van der Waals surface area contributed by atoms with Crippen LogP contribution in [0.2, 0.25) is 0 Å². The SMILES string of the molecule is Cc1nn2cccnc2c1C(=O)N[C@H](C)c1cc2cccc(C#Cc3cnn(C)c3C)c2c(=O)n1-c1ccccc1. The average molecular weight is 542 g/mol. The second-order valence-corrected chi connectivity index (χ2v) is 9.88. The van der Waals surface area contributed by atoms with Gasteiger partial charge in [0.25, 0.3) is 11.5 Å². The van der Waals surface area contributed by atoms with Crippen LogP contribution in [-0.2, 0) is 7.05 Å². The number of nitrogens with one attached hydrogen (secondary N) is 1. The van der Waals surface area contributed by atoms with E-state index in [1.165, 1.54) is 0 Å². The van der Waals surface area contributed by atoms with Gasteiger partial charge in [0.15, 0.2) is 5.65 Å². The standard InChI is InChI=1S/C32H27N7O2/c1-20(35-31(40)28-21(2)36-38-17-9-16-33-30(28)38)27-18-24-11-8-10-23(14-15-25-19-34-37(4)22(25)3)29(24)32(41)39(27)26-12-6-5-7-13-26/h5-13,16-20H,1-4H3,(H,35,40)/t20-/m1/s1. The third kappa shape index (κ3) is 4.55. The highest BCUT2D eigenvalue weighted by atomic mass is 16.2. The summed E-state index contributed by atoms with van der Waals surface area (Å²) in [5, 5.41) is 13.0. The number of carbonyl (C=O) groups is 1. The van der Waals surface area contributed by atoms with Crippen molar-refractivity contribution < 1.29 is 4.79 Å². The molecule has 0 fully saturated rings. The van der Waals surface area contributed by atoms with Gasteiger partial charge in [0.1, 0.15) is 5.56 Å². The number of pyridine rings is 1. The van der Waals surface area contributed by atoms with Crippen LogP contribution in [0, 0.1) is 25.7 Å². The predicted molar refractivity (Wildman–Crippen MR) is 157 cm³/mol. The summed E-state index contributed by atoms with van der Waals surface area (Å²) >= 11 is 0. The Morgan fingerprint density at radius 1 is 1.00 bits per heavy atom. The first-order valence-electron chi connectivity index (χ1n) is 13.2. The van der Waals surface area contributed by atoms with Gasteiger partial charge in [-0.2, -0.15) is 10.2 Å². The van der Waals surface area contributed by atoms with Crippen molar-refractivity contribution in [3.05, 3.63) is 123 Å². The number of hydrogen-bond acceptors (Lipinski definition) is 5. The number of benzene rings is 2. The molecule has 4 aromatic heterocycles. The molecular formula is C32H27N7O2. The molecule has 1 atom stereocenters. The second kappa shape index (κ2) is 10.2. The summed E-state index contributed by atoms with van der Waals surface area (Å²) in [4.78, 5) is 32.1. The van der Waals surface area contributed by atoms with Crippen LogP contribution in [0.25, 0.3) is 22.1 Å². The van der Waals surface area contributed by atoms with Crippen LogP contribution >= 0.6 is 0 Å². The van der Waals surface area contributed by atoms with Gasteiger partial charge in [0.05, 0.1) is 34.6 Å². The normalized spacial score (nSPS) is 11.8. The minimum Gasteiger partial charge on any atom is -0.344 e. The molecule has 0 spiro atoms. The Bertz CT molecular complexity index is 2070. The first-order chi connectivity index (χ1) is 19.8. The van der Waals surface area contributed by atoms with Crippen molar-refractivity contribution in [2.75, 3.05) is 0 Å². The smallest absolute Gasteiger partial charge is 0.264 e. The molecule has 0 bridgehead atoms. The molecule has 0 saturated carbocycles. The Kier molecular flexibility index (Phi) is 6.44. The zero-order chi connectivity index (χ0) is 28.7. The highest BCUT2D eigenvalue weighted by Gasteiger charge is 2.23. The molecule has 1 amide bonds. The molecule has 0 aliphatic carbocycles. The van der Waals surface area contributed by atoms with E-state index >= 15 is 0 Å². The van der Waals surface area contributed by atoms with Crippen LogP contribution in [-0.4, -0.2) is 34.9 Å². The van der Waals surface area contributed by atoms with Crippen LogP contribution < -0.4 is 10.9 Å². The van der Waals surface area contributed by atoms with E-state index in [-0.39, 0.29) is 11.5 Å². The fourth-order valence-corrected chi connectivity index (χ4v) is 5.01. The average Bonchev–Trinajstić information content (AvgIpc) is 3.49. The molecule has 4 heterocycles. The molecule has 6 aromatic rings. The molecule has 1 N–H and O–H groups in total. The quantitative estimate of drug-likeness (QED) is 0.336. The van der Waals surface area contributed by atoms with Crippen molar-refractivity contribution in [1.82, 2.24) is 34.3 Å². The van der Waals surface area contributed by atoms with Crippen LogP contribution in [0.3, 0.4) is 0 Å². The summed E-state index contributed by atoms with van der Waals surface area (Å²) < 4.78 is 5.00. The third-order valence-corrected chi connectivity index (χ3v) is 7.25. The predicted octanol–water partition coefficient (Wildman–Crippen LogP) is 4.27. The largest absolute Gasteiger partial charge is 0.344 e. The van der Waals surface area contributed by atoms with Crippen LogP contribution in [0.15, 0.2) is 84.0 Å². The maximum absolute atomic E-state index is 14.2. The lowest BCUT2D eigenvalue weighted by Gasteiger charge is -2.21. The maximum atomic E-state index is 14.2.